The van der Waals surface area contributed by atoms with Crippen LogP contribution >= 0.6 is 9.39 Å². The van der Waals surface area contributed by atoms with Crippen molar-refractivity contribution < 1.29 is 14.3 Å². The molecule has 12 heavy (non-hydrogen) atoms. The number of ether oxygens (including phenoxy) is 1. The van der Waals surface area contributed by atoms with Gasteiger partial charge < -0.3 is 9.53 Å². The summed E-state index contributed by atoms with van der Waals surface area (Å²) in [5.41, 5.74) is -0.633. The summed E-state index contributed by atoms with van der Waals surface area (Å²) in [6.45, 7) is 2.07. The number of rotatable bonds is 3. The fourth-order valence-electron chi connectivity index (χ4n) is 1.13. The number of hydrogen-bond donors (Lipinski definition) is 0. The third-order valence-corrected chi connectivity index (χ3v) is 2.88. The molecular formula is C7H12NO3P. The Balaban J connectivity index is 2.65. The summed E-state index contributed by atoms with van der Waals surface area (Å²) < 4.78 is 6.56. The highest BCUT2D eigenvalue weighted by molar-refractivity contribution is 7.13. The van der Waals surface area contributed by atoms with E-state index in [-0.39, 0.29) is 5.97 Å². The van der Waals surface area contributed by atoms with E-state index in [0.717, 1.165) is 6.29 Å². The molecule has 5 heteroatoms. The summed E-state index contributed by atoms with van der Waals surface area (Å²) in [6.07, 6.45) is 1.71. The Bertz CT molecular complexity index is 209. The maximum atomic E-state index is 11.2. The standard InChI is InChI=1S/C7H12NO3P/c1-7(3-2-4-9)6(10)11-5-8(7)12/h4H,2-3,5,12H2,1H3. The summed E-state index contributed by atoms with van der Waals surface area (Å²) in [6, 6.07) is 0. The van der Waals surface area contributed by atoms with Crippen molar-refractivity contribution in [3.05, 3.63) is 0 Å². The molecule has 68 valence electrons. The molecule has 0 amide bonds. The molecule has 2 unspecified atom stereocenters. The van der Waals surface area contributed by atoms with Crippen LogP contribution in [0.3, 0.4) is 0 Å². The van der Waals surface area contributed by atoms with Gasteiger partial charge in [0, 0.05) is 6.42 Å². The zero-order chi connectivity index (χ0) is 9.19. The average Bonchev–Trinajstić information content (AvgIpc) is 2.30. The van der Waals surface area contributed by atoms with E-state index in [2.05, 4.69) is 9.39 Å². The summed E-state index contributed by atoms with van der Waals surface area (Å²) in [5.74, 6) is -0.251. The van der Waals surface area contributed by atoms with Crippen molar-refractivity contribution in [2.75, 3.05) is 6.73 Å². The summed E-state index contributed by atoms with van der Waals surface area (Å²) in [5, 5.41) is 0. The van der Waals surface area contributed by atoms with E-state index in [1.165, 1.54) is 0 Å². The van der Waals surface area contributed by atoms with E-state index in [4.69, 9.17) is 4.74 Å². The van der Waals surface area contributed by atoms with Crippen molar-refractivity contribution in [2.45, 2.75) is 25.3 Å². The topological polar surface area (TPSA) is 46.6 Å². The van der Waals surface area contributed by atoms with Gasteiger partial charge >= 0.3 is 5.97 Å². The van der Waals surface area contributed by atoms with Gasteiger partial charge in [0.15, 0.2) is 0 Å². The van der Waals surface area contributed by atoms with Crippen LogP contribution in [0.2, 0.25) is 0 Å². The molecule has 0 aromatic rings. The van der Waals surface area contributed by atoms with Crippen LogP contribution in [-0.2, 0) is 14.3 Å². The van der Waals surface area contributed by atoms with Crippen molar-refractivity contribution in [2.24, 2.45) is 0 Å². The lowest BCUT2D eigenvalue weighted by Crippen LogP contribution is -2.40. The van der Waals surface area contributed by atoms with E-state index in [9.17, 15) is 9.59 Å². The van der Waals surface area contributed by atoms with E-state index in [1.807, 2.05) is 0 Å². The molecule has 2 atom stereocenters. The van der Waals surface area contributed by atoms with Gasteiger partial charge in [-0.15, -0.1) is 0 Å². The van der Waals surface area contributed by atoms with Crippen LogP contribution in [0.25, 0.3) is 0 Å². The first kappa shape index (κ1) is 9.62. The Morgan fingerprint density at radius 1 is 1.83 bits per heavy atom. The Morgan fingerprint density at radius 2 is 2.50 bits per heavy atom. The zero-order valence-electron chi connectivity index (χ0n) is 6.95. The lowest BCUT2D eigenvalue weighted by Gasteiger charge is -2.25. The first-order chi connectivity index (χ1) is 5.61. The highest BCUT2D eigenvalue weighted by Gasteiger charge is 2.44. The molecule has 0 bridgehead atoms. The highest BCUT2D eigenvalue weighted by atomic mass is 31.0. The largest absolute Gasteiger partial charge is 0.448 e. The SMILES string of the molecule is CC1(CCC=O)C(=O)OCN1P. The number of hydrogen-bond acceptors (Lipinski definition) is 4. The van der Waals surface area contributed by atoms with E-state index < -0.39 is 5.54 Å². The number of nitrogens with zero attached hydrogens (tertiary/aromatic N) is 1. The Labute approximate surface area is 73.5 Å². The molecule has 4 nitrogen and oxygen atoms in total. The van der Waals surface area contributed by atoms with Gasteiger partial charge in [-0.2, -0.15) is 0 Å². The fraction of sp³-hybridized carbons (Fsp3) is 0.714. The Morgan fingerprint density at radius 3 is 2.92 bits per heavy atom. The molecule has 1 aliphatic rings. The first-order valence-corrected chi connectivity index (χ1v) is 4.26. The minimum atomic E-state index is -0.633. The van der Waals surface area contributed by atoms with Gasteiger partial charge in [0.2, 0.25) is 0 Å². The maximum absolute atomic E-state index is 11.2. The second-order valence-corrected chi connectivity index (χ2v) is 3.63. The average molecular weight is 189 g/mol. The van der Waals surface area contributed by atoms with Gasteiger partial charge in [-0.05, 0) is 13.3 Å². The predicted octanol–water partition coefficient (Wildman–Crippen LogP) is 0.331. The van der Waals surface area contributed by atoms with Crippen LogP contribution in [-0.4, -0.2) is 29.2 Å². The normalized spacial score (nSPS) is 30.3. The van der Waals surface area contributed by atoms with Gasteiger partial charge in [-0.3, -0.25) is 0 Å². The molecular weight excluding hydrogens is 177 g/mol. The Kier molecular flexibility index (Phi) is 2.80. The van der Waals surface area contributed by atoms with Crippen LogP contribution in [0.5, 0.6) is 0 Å². The molecule has 1 rings (SSSR count). The maximum Gasteiger partial charge on any atom is 0.327 e. The number of esters is 1. The third-order valence-electron chi connectivity index (χ3n) is 2.16. The molecule has 0 radical (unpaired) electrons. The number of cyclic esters (lactones) is 1. The molecule has 0 N–H and O–H groups in total. The molecule has 0 aliphatic carbocycles. The summed E-state index contributed by atoms with van der Waals surface area (Å²) in [4.78, 5) is 21.4. The van der Waals surface area contributed by atoms with Crippen molar-refractivity contribution in [1.29, 1.82) is 0 Å². The number of carbonyl (C=O) groups is 2. The van der Waals surface area contributed by atoms with Crippen LogP contribution in [0.15, 0.2) is 0 Å². The smallest absolute Gasteiger partial charge is 0.327 e. The second kappa shape index (κ2) is 3.50. The molecule has 1 fully saturated rings. The van der Waals surface area contributed by atoms with E-state index in [0.29, 0.717) is 19.6 Å². The third kappa shape index (κ3) is 1.50. The lowest BCUT2D eigenvalue weighted by molar-refractivity contribution is -0.142. The minimum Gasteiger partial charge on any atom is -0.448 e. The molecule has 0 spiro atoms. The van der Waals surface area contributed by atoms with Gasteiger partial charge in [-0.25, -0.2) is 9.46 Å². The molecule has 0 aromatic heterocycles. The Hall–Kier alpha value is -0.470. The summed E-state index contributed by atoms with van der Waals surface area (Å²) in [7, 11) is 2.43. The van der Waals surface area contributed by atoms with Crippen LogP contribution < -0.4 is 0 Å². The molecule has 1 aliphatic heterocycles. The van der Waals surface area contributed by atoms with Crippen molar-refractivity contribution in [3.63, 3.8) is 0 Å². The van der Waals surface area contributed by atoms with Gasteiger partial charge in [0.1, 0.15) is 18.6 Å². The van der Waals surface area contributed by atoms with E-state index in [1.54, 1.807) is 11.6 Å². The number of aldehydes is 1. The summed E-state index contributed by atoms with van der Waals surface area (Å²) >= 11 is 0. The van der Waals surface area contributed by atoms with E-state index >= 15 is 0 Å². The quantitative estimate of drug-likeness (QED) is 0.364. The second-order valence-electron chi connectivity index (χ2n) is 3.01. The van der Waals surface area contributed by atoms with Crippen LogP contribution in [0, 0.1) is 0 Å². The molecule has 1 heterocycles. The monoisotopic (exact) mass is 189 g/mol. The number of carbonyl (C=O) groups excluding carboxylic acids is 2. The lowest BCUT2D eigenvalue weighted by atomic mass is 9.97. The predicted molar refractivity (Wildman–Crippen MR) is 46.2 cm³/mol. The fourth-order valence-corrected chi connectivity index (χ4v) is 1.44. The van der Waals surface area contributed by atoms with Gasteiger partial charge in [0.25, 0.3) is 0 Å². The van der Waals surface area contributed by atoms with Crippen molar-refractivity contribution in [3.8, 4) is 0 Å². The van der Waals surface area contributed by atoms with Crippen molar-refractivity contribution >= 4 is 21.6 Å². The van der Waals surface area contributed by atoms with Gasteiger partial charge in [0.05, 0.1) is 0 Å². The minimum absolute atomic E-state index is 0.251. The van der Waals surface area contributed by atoms with Crippen LogP contribution in [0.4, 0.5) is 0 Å². The molecule has 0 aromatic carbocycles. The van der Waals surface area contributed by atoms with Crippen molar-refractivity contribution in [1.82, 2.24) is 4.67 Å². The molecule has 1 saturated heterocycles. The van der Waals surface area contributed by atoms with Gasteiger partial charge in [-0.1, -0.05) is 9.39 Å². The zero-order valence-corrected chi connectivity index (χ0v) is 8.10. The highest BCUT2D eigenvalue weighted by Crippen LogP contribution is 2.30. The van der Waals surface area contributed by atoms with Crippen LogP contribution in [0.1, 0.15) is 19.8 Å². The first-order valence-electron chi connectivity index (χ1n) is 3.74. The molecule has 0 saturated carbocycles.